The molecule has 0 amide bonds. The Labute approximate surface area is 132 Å². The first-order valence-corrected chi connectivity index (χ1v) is 6.72. The second-order valence-corrected chi connectivity index (χ2v) is 6.04. The van der Waals surface area contributed by atoms with Crippen LogP contribution in [0.1, 0.15) is 40.1 Å². The highest BCUT2D eigenvalue weighted by molar-refractivity contribution is 6.61. The van der Waals surface area contributed by atoms with Crippen molar-refractivity contribution >= 4 is 12.7 Å². The standard InChI is InChI=1S/C15H20BN3O2/c1-11-8-18-19(10-11)12-6-7-13(17-9-12)16-20-14(2,3)15(4,5)21-16/h6-10H,1-5H3/i1D3,8D,10D. The van der Waals surface area contributed by atoms with Crippen molar-refractivity contribution in [3.8, 4) is 5.69 Å². The van der Waals surface area contributed by atoms with Crippen LogP contribution in [0, 0.1) is 6.85 Å². The lowest BCUT2D eigenvalue weighted by atomic mass is 9.84. The first kappa shape index (κ1) is 9.38. The van der Waals surface area contributed by atoms with Gasteiger partial charge in [0.1, 0.15) is 0 Å². The molecule has 21 heavy (non-hydrogen) atoms. The van der Waals surface area contributed by atoms with Crippen LogP contribution >= 0.6 is 0 Å². The first-order chi connectivity index (χ1) is 11.8. The van der Waals surface area contributed by atoms with Crippen molar-refractivity contribution in [1.82, 2.24) is 14.8 Å². The fraction of sp³-hybridized carbons (Fsp3) is 0.467. The minimum Gasteiger partial charge on any atom is -0.398 e. The van der Waals surface area contributed by atoms with Gasteiger partial charge in [-0.15, -0.1) is 0 Å². The predicted molar refractivity (Wildman–Crippen MR) is 81.8 cm³/mol. The van der Waals surface area contributed by atoms with Gasteiger partial charge < -0.3 is 9.31 Å². The van der Waals surface area contributed by atoms with Gasteiger partial charge in [0.25, 0.3) is 0 Å². The van der Waals surface area contributed by atoms with E-state index in [9.17, 15) is 0 Å². The van der Waals surface area contributed by atoms with Gasteiger partial charge in [0.2, 0.25) is 0 Å². The van der Waals surface area contributed by atoms with E-state index in [0.29, 0.717) is 11.3 Å². The summed E-state index contributed by atoms with van der Waals surface area (Å²) in [4.78, 5) is 4.31. The largest absolute Gasteiger partial charge is 0.514 e. The number of hydrogen-bond donors (Lipinski definition) is 0. The molecule has 0 aromatic carbocycles. The van der Waals surface area contributed by atoms with Crippen LogP contribution < -0.4 is 5.59 Å². The van der Waals surface area contributed by atoms with E-state index < -0.39 is 31.3 Å². The lowest BCUT2D eigenvalue weighted by molar-refractivity contribution is 0.00578. The lowest BCUT2D eigenvalue weighted by Crippen LogP contribution is -2.41. The second-order valence-electron chi connectivity index (χ2n) is 6.04. The zero-order valence-electron chi connectivity index (χ0n) is 17.5. The minimum absolute atomic E-state index is 0.347. The molecule has 0 spiro atoms. The summed E-state index contributed by atoms with van der Waals surface area (Å²) in [6, 6.07) is 3.32. The monoisotopic (exact) mass is 290 g/mol. The molecule has 0 unspecified atom stereocenters. The second kappa shape index (κ2) is 4.68. The quantitative estimate of drug-likeness (QED) is 0.792. The maximum absolute atomic E-state index is 8.03. The predicted octanol–water partition coefficient (Wildman–Crippen LogP) is 1.87. The van der Waals surface area contributed by atoms with Crippen LogP contribution in [0.4, 0.5) is 0 Å². The first-order valence-electron chi connectivity index (χ1n) is 9.22. The minimum atomic E-state index is -2.57. The lowest BCUT2D eigenvalue weighted by Gasteiger charge is -2.32. The molecular weight excluding hydrogens is 265 g/mol. The van der Waals surface area contributed by atoms with Crippen LogP contribution in [0.15, 0.2) is 30.7 Å². The van der Waals surface area contributed by atoms with Crippen molar-refractivity contribution in [3.63, 3.8) is 0 Å². The van der Waals surface area contributed by atoms with Gasteiger partial charge in [-0.2, -0.15) is 5.10 Å². The average molecular weight is 290 g/mol. The summed E-state index contributed by atoms with van der Waals surface area (Å²) >= 11 is 0. The third kappa shape index (κ3) is 2.49. The molecular formula is C15H20BN3O2. The Bertz CT molecular complexity index is 817. The summed E-state index contributed by atoms with van der Waals surface area (Å²) < 4.78 is 51.1. The van der Waals surface area contributed by atoms with Gasteiger partial charge >= 0.3 is 7.12 Å². The van der Waals surface area contributed by atoms with Crippen molar-refractivity contribution in [2.24, 2.45) is 0 Å². The summed E-state index contributed by atoms with van der Waals surface area (Å²) in [5, 5.41) is 3.85. The molecule has 0 saturated carbocycles. The zero-order chi connectivity index (χ0) is 19.5. The molecule has 3 rings (SSSR count). The SMILES string of the molecule is [2H]c1nn(-c2ccc(B3OC(C)(C)C(C)(C)O3)nc2)c([2H])c1C([2H])([2H])[2H]. The smallest absolute Gasteiger partial charge is 0.398 e. The Hall–Kier alpha value is -1.66. The highest BCUT2D eigenvalue weighted by Gasteiger charge is 2.52. The molecule has 0 atom stereocenters. The van der Waals surface area contributed by atoms with E-state index in [1.807, 2.05) is 27.7 Å². The molecule has 1 fully saturated rings. The van der Waals surface area contributed by atoms with Crippen LogP contribution in [-0.4, -0.2) is 33.1 Å². The van der Waals surface area contributed by atoms with Crippen molar-refractivity contribution < 1.29 is 16.2 Å². The maximum atomic E-state index is 8.03. The van der Waals surface area contributed by atoms with Crippen molar-refractivity contribution in [2.45, 2.75) is 45.7 Å². The van der Waals surface area contributed by atoms with E-state index in [1.165, 1.54) is 6.20 Å². The average Bonchev–Trinajstić information content (AvgIpc) is 2.91. The van der Waals surface area contributed by atoms with E-state index in [0.717, 1.165) is 4.68 Å². The Morgan fingerprint density at radius 3 is 2.48 bits per heavy atom. The molecule has 1 aliphatic heterocycles. The van der Waals surface area contributed by atoms with Crippen LogP contribution in [0.5, 0.6) is 0 Å². The third-order valence-electron chi connectivity index (χ3n) is 3.99. The molecule has 0 N–H and O–H groups in total. The number of pyridine rings is 1. The van der Waals surface area contributed by atoms with Gasteiger partial charge in [0, 0.05) is 10.3 Å². The van der Waals surface area contributed by atoms with Crippen LogP contribution in [-0.2, 0) is 9.31 Å². The van der Waals surface area contributed by atoms with Gasteiger partial charge in [-0.1, -0.05) is 0 Å². The number of aromatic nitrogens is 3. The molecule has 3 heterocycles. The molecule has 0 radical (unpaired) electrons. The highest BCUT2D eigenvalue weighted by atomic mass is 16.7. The molecule has 2 aromatic heterocycles. The fourth-order valence-electron chi connectivity index (χ4n) is 2.00. The van der Waals surface area contributed by atoms with Gasteiger partial charge in [-0.25, -0.2) is 4.68 Å². The fourth-order valence-corrected chi connectivity index (χ4v) is 2.00. The van der Waals surface area contributed by atoms with Crippen molar-refractivity contribution in [1.29, 1.82) is 0 Å². The molecule has 5 nitrogen and oxygen atoms in total. The molecule has 110 valence electrons. The van der Waals surface area contributed by atoms with Gasteiger partial charge in [0.05, 0.1) is 37.6 Å². The van der Waals surface area contributed by atoms with E-state index in [4.69, 9.17) is 16.2 Å². The zero-order valence-corrected chi connectivity index (χ0v) is 12.5. The highest BCUT2D eigenvalue weighted by Crippen LogP contribution is 2.36. The van der Waals surface area contributed by atoms with Crippen LogP contribution in [0.2, 0.25) is 0 Å². The van der Waals surface area contributed by atoms with E-state index in [-0.39, 0.29) is 11.7 Å². The summed E-state index contributed by atoms with van der Waals surface area (Å²) in [6.07, 6.45) is 0.666. The van der Waals surface area contributed by atoms with Crippen molar-refractivity contribution in [3.05, 3.63) is 36.2 Å². The maximum Gasteiger partial charge on any atom is 0.514 e. The van der Waals surface area contributed by atoms with E-state index in [1.54, 1.807) is 12.1 Å². The summed E-state index contributed by atoms with van der Waals surface area (Å²) in [5.74, 6) is 0. The van der Waals surface area contributed by atoms with Gasteiger partial charge in [-0.05, 0) is 52.2 Å². The molecule has 0 bridgehead atoms. The number of nitrogens with zero attached hydrogens (tertiary/aromatic N) is 3. The van der Waals surface area contributed by atoms with E-state index >= 15 is 0 Å². The topological polar surface area (TPSA) is 49.2 Å². The Balaban J connectivity index is 1.90. The molecule has 0 aliphatic carbocycles. The normalized spacial score (nSPS) is 24.0. The summed E-state index contributed by atoms with van der Waals surface area (Å²) in [5.41, 5.74) is -0.397. The Kier molecular flexibility index (Phi) is 2.09. The number of hydrogen-bond acceptors (Lipinski definition) is 4. The summed E-state index contributed by atoms with van der Waals surface area (Å²) in [7, 11) is -0.619. The molecule has 2 aromatic rings. The Morgan fingerprint density at radius 1 is 1.24 bits per heavy atom. The molecule has 1 aliphatic rings. The summed E-state index contributed by atoms with van der Waals surface area (Å²) in [6.45, 7) is 5.23. The van der Waals surface area contributed by atoms with Gasteiger partial charge in [-0.3, -0.25) is 4.98 Å². The Morgan fingerprint density at radius 2 is 1.95 bits per heavy atom. The number of rotatable bonds is 2. The molecule has 6 heteroatoms. The van der Waals surface area contributed by atoms with Gasteiger partial charge in [0.15, 0.2) is 0 Å². The third-order valence-corrected chi connectivity index (χ3v) is 3.99. The molecule has 1 saturated heterocycles. The van der Waals surface area contributed by atoms with Crippen LogP contribution in [0.25, 0.3) is 5.69 Å². The van der Waals surface area contributed by atoms with Crippen LogP contribution in [0.3, 0.4) is 0 Å². The van der Waals surface area contributed by atoms with Crippen molar-refractivity contribution in [2.75, 3.05) is 0 Å². The van der Waals surface area contributed by atoms with E-state index in [2.05, 4.69) is 10.1 Å².